The Labute approximate surface area is 114 Å². The Bertz CT molecular complexity index is 417. The fourth-order valence-corrected chi connectivity index (χ4v) is 2.88. The van der Waals surface area contributed by atoms with Gasteiger partial charge in [0, 0.05) is 11.6 Å². The molecule has 0 spiro atoms. The van der Waals surface area contributed by atoms with Crippen molar-refractivity contribution in [2.45, 2.75) is 33.1 Å². The molecule has 1 saturated carbocycles. The maximum absolute atomic E-state index is 13.1. The van der Waals surface area contributed by atoms with Gasteiger partial charge < -0.3 is 5.32 Å². The zero-order chi connectivity index (χ0) is 13.2. The van der Waals surface area contributed by atoms with Gasteiger partial charge >= 0.3 is 0 Å². The van der Waals surface area contributed by atoms with Gasteiger partial charge in [0.05, 0.1) is 0 Å². The molecule has 1 aliphatic carbocycles. The predicted octanol–water partition coefficient (Wildman–Crippen LogP) is 4.05. The van der Waals surface area contributed by atoms with Crippen LogP contribution in [0, 0.1) is 17.2 Å². The van der Waals surface area contributed by atoms with Gasteiger partial charge in [-0.15, -0.1) is 0 Å². The molecular formula is C15H21ClFN. The zero-order valence-corrected chi connectivity index (χ0v) is 11.9. The molecule has 18 heavy (non-hydrogen) atoms. The van der Waals surface area contributed by atoms with E-state index >= 15 is 0 Å². The van der Waals surface area contributed by atoms with Crippen LogP contribution in [0.1, 0.15) is 32.3 Å². The summed E-state index contributed by atoms with van der Waals surface area (Å²) in [6, 6.07) is 4.74. The van der Waals surface area contributed by atoms with Crippen molar-refractivity contribution >= 4 is 11.6 Å². The van der Waals surface area contributed by atoms with Crippen LogP contribution in [0.15, 0.2) is 18.2 Å². The molecule has 100 valence electrons. The van der Waals surface area contributed by atoms with Crippen molar-refractivity contribution in [3.63, 3.8) is 0 Å². The van der Waals surface area contributed by atoms with E-state index in [1.807, 2.05) is 6.07 Å². The molecule has 0 heterocycles. The first-order chi connectivity index (χ1) is 8.55. The van der Waals surface area contributed by atoms with Gasteiger partial charge in [-0.25, -0.2) is 4.39 Å². The summed E-state index contributed by atoms with van der Waals surface area (Å²) in [7, 11) is 0. The van der Waals surface area contributed by atoms with Gasteiger partial charge in [-0.05, 0) is 54.8 Å². The highest BCUT2D eigenvalue weighted by atomic mass is 35.5. The topological polar surface area (TPSA) is 12.0 Å². The second kappa shape index (κ2) is 5.58. The number of hydrogen-bond donors (Lipinski definition) is 1. The maximum atomic E-state index is 13.1. The lowest BCUT2D eigenvalue weighted by molar-refractivity contribution is 0.258. The minimum Gasteiger partial charge on any atom is -0.316 e. The van der Waals surface area contributed by atoms with Crippen molar-refractivity contribution in [1.82, 2.24) is 5.32 Å². The minimum atomic E-state index is -0.261. The Morgan fingerprint density at radius 3 is 2.72 bits per heavy atom. The second-order valence-electron chi connectivity index (χ2n) is 5.62. The molecule has 0 aliphatic heterocycles. The number of halogens is 2. The molecule has 1 aromatic carbocycles. The van der Waals surface area contributed by atoms with E-state index in [1.165, 1.54) is 25.0 Å². The van der Waals surface area contributed by atoms with Crippen molar-refractivity contribution in [3.8, 4) is 0 Å². The van der Waals surface area contributed by atoms with Crippen LogP contribution in [0.25, 0.3) is 0 Å². The van der Waals surface area contributed by atoms with Crippen molar-refractivity contribution in [2.24, 2.45) is 11.3 Å². The van der Waals surface area contributed by atoms with Crippen LogP contribution >= 0.6 is 11.6 Å². The molecule has 1 nitrogen and oxygen atoms in total. The van der Waals surface area contributed by atoms with Crippen LogP contribution in [0.2, 0.25) is 5.02 Å². The fraction of sp³-hybridized carbons (Fsp3) is 0.600. The van der Waals surface area contributed by atoms with Crippen LogP contribution in [0.3, 0.4) is 0 Å². The lowest BCUT2D eigenvalue weighted by atomic mass is 9.79. The quantitative estimate of drug-likeness (QED) is 0.822. The van der Waals surface area contributed by atoms with Gasteiger partial charge in [-0.2, -0.15) is 0 Å². The fourth-order valence-electron chi connectivity index (χ4n) is 2.64. The molecule has 0 saturated heterocycles. The van der Waals surface area contributed by atoms with Gasteiger partial charge in [-0.3, -0.25) is 0 Å². The highest BCUT2D eigenvalue weighted by molar-refractivity contribution is 6.31. The molecule has 0 aromatic heterocycles. The summed E-state index contributed by atoms with van der Waals surface area (Å²) in [6.07, 6.45) is 3.53. The number of hydrogen-bond acceptors (Lipinski definition) is 1. The second-order valence-corrected chi connectivity index (χ2v) is 6.03. The maximum Gasteiger partial charge on any atom is 0.124 e. The first-order valence-corrected chi connectivity index (χ1v) is 7.07. The Morgan fingerprint density at radius 2 is 2.17 bits per heavy atom. The molecule has 1 aromatic rings. The molecule has 1 fully saturated rings. The van der Waals surface area contributed by atoms with Gasteiger partial charge in [-0.1, -0.05) is 31.5 Å². The average molecular weight is 270 g/mol. The van der Waals surface area contributed by atoms with Crippen LogP contribution in [0.5, 0.6) is 0 Å². The van der Waals surface area contributed by atoms with Gasteiger partial charge in [0.1, 0.15) is 5.82 Å². The molecule has 1 N–H and O–H groups in total. The van der Waals surface area contributed by atoms with E-state index in [9.17, 15) is 4.39 Å². The molecular weight excluding hydrogens is 249 g/mol. The Morgan fingerprint density at radius 1 is 1.44 bits per heavy atom. The van der Waals surface area contributed by atoms with Crippen molar-refractivity contribution in [2.75, 3.05) is 13.1 Å². The molecule has 0 amide bonds. The summed E-state index contributed by atoms with van der Waals surface area (Å²) in [5.74, 6) is 0.515. The van der Waals surface area contributed by atoms with E-state index in [0.29, 0.717) is 5.02 Å². The van der Waals surface area contributed by atoms with E-state index in [1.54, 1.807) is 0 Å². The smallest absolute Gasteiger partial charge is 0.124 e. The summed E-state index contributed by atoms with van der Waals surface area (Å²) in [5.41, 5.74) is 1.29. The SMILES string of the molecule is CCNCC(C)(Cc1ccc(F)cc1Cl)C1CC1. The van der Waals surface area contributed by atoms with Crippen LogP contribution < -0.4 is 5.32 Å². The number of rotatable bonds is 6. The lowest BCUT2D eigenvalue weighted by Crippen LogP contribution is -2.35. The first-order valence-electron chi connectivity index (χ1n) is 6.70. The first kappa shape index (κ1) is 13.8. The summed E-state index contributed by atoms with van der Waals surface area (Å²) in [4.78, 5) is 0. The van der Waals surface area contributed by atoms with Crippen molar-refractivity contribution in [1.29, 1.82) is 0 Å². The number of nitrogens with one attached hydrogen (secondary N) is 1. The van der Waals surface area contributed by atoms with Gasteiger partial charge in [0.15, 0.2) is 0 Å². The van der Waals surface area contributed by atoms with E-state index in [2.05, 4.69) is 19.2 Å². The van der Waals surface area contributed by atoms with Crippen molar-refractivity contribution < 1.29 is 4.39 Å². The molecule has 1 unspecified atom stereocenters. The summed E-state index contributed by atoms with van der Waals surface area (Å²) in [5, 5.41) is 4.00. The van der Waals surface area contributed by atoms with Gasteiger partial charge in [0.25, 0.3) is 0 Å². The van der Waals surface area contributed by atoms with E-state index in [4.69, 9.17) is 11.6 Å². The minimum absolute atomic E-state index is 0.234. The monoisotopic (exact) mass is 269 g/mol. The van der Waals surface area contributed by atoms with E-state index < -0.39 is 0 Å². The Kier molecular flexibility index (Phi) is 4.29. The van der Waals surface area contributed by atoms with Crippen LogP contribution in [0.4, 0.5) is 4.39 Å². The molecule has 0 bridgehead atoms. The van der Waals surface area contributed by atoms with E-state index in [0.717, 1.165) is 31.0 Å². The molecule has 0 radical (unpaired) electrons. The zero-order valence-electron chi connectivity index (χ0n) is 11.1. The highest BCUT2D eigenvalue weighted by Crippen LogP contribution is 2.47. The highest BCUT2D eigenvalue weighted by Gasteiger charge is 2.41. The molecule has 2 rings (SSSR count). The predicted molar refractivity (Wildman–Crippen MR) is 74.5 cm³/mol. The summed E-state index contributed by atoms with van der Waals surface area (Å²) in [6.45, 7) is 6.42. The molecule has 1 atom stereocenters. The summed E-state index contributed by atoms with van der Waals surface area (Å²) < 4.78 is 13.1. The standard InChI is InChI=1S/C15H21ClFN/c1-3-18-10-15(2,12-5-6-12)9-11-4-7-13(17)8-14(11)16/h4,7-8,12,18H,3,5-6,9-10H2,1-2H3. The van der Waals surface area contributed by atoms with Crippen molar-refractivity contribution in [3.05, 3.63) is 34.6 Å². The number of benzene rings is 1. The van der Waals surface area contributed by atoms with E-state index in [-0.39, 0.29) is 11.2 Å². The Balaban J connectivity index is 2.12. The molecule has 1 aliphatic rings. The summed E-state index contributed by atoms with van der Waals surface area (Å²) >= 11 is 6.13. The third-order valence-corrected chi connectivity index (χ3v) is 4.30. The molecule has 3 heteroatoms. The largest absolute Gasteiger partial charge is 0.316 e. The normalized spacial score (nSPS) is 18.7. The Hall–Kier alpha value is -0.600. The van der Waals surface area contributed by atoms with Gasteiger partial charge in [0.2, 0.25) is 0 Å². The van der Waals surface area contributed by atoms with Crippen LogP contribution in [-0.4, -0.2) is 13.1 Å². The third kappa shape index (κ3) is 3.24. The third-order valence-electron chi connectivity index (χ3n) is 3.95. The lowest BCUT2D eigenvalue weighted by Gasteiger charge is -2.30. The average Bonchev–Trinajstić information content (AvgIpc) is 3.15. The van der Waals surface area contributed by atoms with Crippen LogP contribution in [-0.2, 0) is 6.42 Å².